The topological polar surface area (TPSA) is 379 Å². The molecule has 12 atom stereocenters. The van der Waals surface area contributed by atoms with Gasteiger partial charge in [0.25, 0.3) is 11.8 Å². The van der Waals surface area contributed by atoms with Crippen LogP contribution in [0.3, 0.4) is 0 Å². The molecule has 0 spiro atoms. The Kier molecular flexibility index (Phi) is 37.4. The van der Waals surface area contributed by atoms with Crippen LogP contribution in [0.4, 0.5) is 11.4 Å². The number of anilines is 2. The standard InChI is InChI=1S/C92H144N8O19/c1-22-26-48-95-76(104)71(65(82(111)112)42-47-92(16,17)72(86(117)118-25-4)66(83(113)114)40-45-87(6,7)54-67-57(5)84(115)119-85(67)116)91(14,15)46-41-63-69(79(107)99(78(63)106)52-27-23-2)56-88(8,9)43-38-62-68(80(108)100(77(62)105)53-29-51-94-74(102)59-32-36-61(37-33-59)98(20)21)55-89(10,11)44-39-64(81(109)110)70(90(12,13)24-3)75(103)96-50-28-49-93-73(101)58-30-34-60(35-31-58)97(18)19/h30-37,57,62-72H,22-29,38-56H2,1-21H3,(H,93,101)(H,94,102)(H,95,104)(H,96,103)(H,109,110)(H,111,112)(H,113,114). The van der Waals surface area contributed by atoms with E-state index >= 15 is 19.2 Å². The van der Waals surface area contributed by atoms with Crippen molar-refractivity contribution in [2.75, 3.05) is 83.9 Å². The minimum atomic E-state index is -1.41. The Morgan fingerprint density at radius 3 is 1.20 bits per heavy atom. The minimum absolute atomic E-state index is 0.00984. The highest BCUT2D eigenvalue weighted by Crippen LogP contribution is 2.51. The Morgan fingerprint density at radius 2 is 0.798 bits per heavy atom. The number of nitrogens with one attached hydrogen (secondary N) is 4. The molecule has 2 aromatic rings. The number of likely N-dealkylation sites (tertiary alicyclic amines) is 2. The third kappa shape index (κ3) is 27.9. The van der Waals surface area contributed by atoms with Crippen LogP contribution in [-0.2, 0) is 67.0 Å². The predicted octanol–water partition coefficient (Wildman–Crippen LogP) is 13.3. The van der Waals surface area contributed by atoms with Crippen molar-refractivity contribution >= 4 is 94.4 Å². The monoisotopic (exact) mass is 1670 g/mol. The van der Waals surface area contributed by atoms with E-state index in [1.165, 1.54) is 9.80 Å². The molecule has 0 aromatic heterocycles. The van der Waals surface area contributed by atoms with Gasteiger partial charge in [-0.3, -0.25) is 76.9 Å². The predicted molar refractivity (Wildman–Crippen MR) is 456 cm³/mol. The van der Waals surface area contributed by atoms with Crippen molar-refractivity contribution in [3.63, 3.8) is 0 Å². The van der Waals surface area contributed by atoms with Crippen molar-refractivity contribution in [2.45, 2.75) is 246 Å². The summed E-state index contributed by atoms with van der Waals surface area (Å²) in [5, 5.41) is 45.2. The Bertz CT molecular complexity index is 3840. The zero-order chi connectivity index (χ0) is 89.6. The highest BCUT2D eigenvalue weighted by atomic mass is 16.6. The summed E-state index contributed by atoms with van der Waals surface area (Å²) in [6.45, 7) is 32.0. The van der Waals surface area contributed by atoms with Crippen molar-refractivity contribution in [1.29, 1.82) is 0 Å². The lowest BCUT2D eigenvalue weighted by Crippen LogP contribution is -2.47. The number of hydrogen-bond acceptors (Lipinski definition) is 18. The van der Waals surface area contributed by atoms with Gasteiger partial charge in [0.05, 0.1) is 77.6 Å². The maximum atomic E-state index is 15.2. The molecule has 0 radical (unpaired) electrons. The minimum Gasteiger partial charge on any atom is -0.481 e. The first-order valence-corrected chi connectivity index (χ1v) is 43.4. The molecule has 27 nitrogen and oxygen atoms in total. The number of unbranched alkanes of at least 4 members (excludes halogenated alkanes) is 2. The first-order valence-electron chi connectivity index (χ1n) is 43.4. The average molecular weight is 1670 g/mol. The number of cyclic esters (lactones) is 2. The molecule has 3 aliphatic heterocycles. The quantitative estimate of drug-likeness (QED) is 0.0140. The zero-order valence-electron chi connectivity index (χ0n) is 75.3. The van der Waals surface area contributed by atoms with Crippen LogP contribution in [0.15, 0.2) is 48.5 Å². The number of aliphatic carboxylic acids is 3. The van der Waals surface area contributed by atoms with E-state index in [2.05, 4.69) is 21.3 Å². The van der Waals surface area contributed by atoms with Gasteiger partial charge in [-0.2, -0.15) is 0 Å². The largest absolute Gasteiger partial charge is 0.481 e. The third-order valence-corrected chi connectivity index (χ3v) is 26.0. The Hall–Kier alpha value is -8.78. The third-order valence-electron chi connectivity index (χ3n) is 26.0. The number of carboxylic acids is 3. The molecule has 8 amide bonds. The molecule has 119 heavy (non-hydrogen) atoms. The maximum Gasteiger partial charge on any atom is 0.317 e. The Balaban J connectivity index is 1.42. The van der Waals surface area contributed by atoms with Crippen LogP contribution >= 0.6 is 0 Å². The van der Waals surface area contributed by atoms with Crippen LogP contribution in [-0.4, -0.2) is 182 Å². The van der Waals surface area contributed by atoms with E-state index in [9.17, 15) is 63.3 Å². The highest BCUT2D eigenvalue weighted by Gasteiger charge is 2.55. The van der Waals surface area contributed by atoms with Crippen LogP contribution in [0.25, 0.3) is 0 Å². The van der Waals surface area contributed by atoms with Crippen molar-refractivity contribution in [2.24, 2.45) is 104 Å². The number of carbonyl (C=O) groups is 14. The van der Waals surface area contributed by atoms with Crippen molar-refractivity contribution in [3.8, 4) is 0 Å². The van der Waals surface area contributed by atoms with Crippen LogP contribution in [0.5, 0.6) is 0 Å². The number of esters is 3. The molecule has 3 saturated heterocycles. The molecule has 2 aromatic carbocycles. The van der Waals surface area contributed by atoms with E-state index in [1.807, 2.05) is 138 Å². The summed E-state index contributed by atoms with van der Waals surface area (Å²) in [5.41, 5.74) is -2.74. The van der Waals surface area contributed by atoms with Gasteiger partial charge in [-0.15, -0.1) is 0 Å². The van der Waals surface area contributed by atoms with Gasteiger partial charge in [-0.25, -0.2) is 0 Å². The second-order valence-electron chi connectivity index (χ2n) is 38.7. The number of carboxylic acid groups (broad SMARTS) is 3. The van der Waals surface area contributed by atoms with Crippen molar-refractivity contribution in [1.82, 2.24) is 31.1 Å². The number of hydrogen-bond donors (Lipinski definition) is 7. The van der Waals surface area contributed by atoms with E-state index in [-0.39, 0.29) is 147 Å². The van der Waals surface area contributed by atoms with Gasteiger partial charge in [-0.05, 0) is 197 Å². The molecular formula is C92H144N8O19. The van der Waals surface area contributed by atoms with E-state index < -0.39 is 169 Å². The fourth-order valence-corrected chi connectivity index (χ4v) is 18.1. The lowest BCUT2D eigenvalue weighted by Gasteiger charge is -2.41. The van der Waals surface area contributed by atoms with Crippen molar-refractivity contribution < 1.29 is 91.9 Å². The van der Waals surface area contributed by atoms with Crippen LogP contribution in [0.1, 0.15) is 267 Å². The lowest BCUT2D eigenvalue weighted by atomic mass is 9.63. The molecular weight excluding hydrogens is 1520 g/mol. The molecule has 666 valence electrons. The van der Waals surface area contributed by atoms with Gasteiger partial charge >= 0.3 is 35.8 Å². The lowest BCUT2D eigenvalue weighted by molar-refractivity contribution is -0.164. The number of carbonyl (C=O) groups excluding carboxylic acids is 11. The highest BCUT2D eigenvalue weighted by molar-refractivity contribution is 6.06. The van der Waals surface area contributed by atoms with E-state index in [1.54, 1.807) is 65.8 Å². The molecule has 3 aliphatic rings. The Labute approximate surface area is 707 Å². The van der Waals surface area contributed by atoms with Gasteiger partial charge in [-0.1, -0.05) is 130 Å². The molecule has 7 N–H and O–H groups in total. The molecule has 0 bridgehead atoms. The molecule has 27 heteroatoms. The SMILES string of the molecule is CCCCNC(=O)C(C(CCC(C)(C)C(C(=O)OCC)C(CCC(C)(C)CC1C(=O)OC(=O)C1C)C(=O)O)C(=O)O)C(C)(C)CCC1C(=O)N(CCCC)C(=O)C1CC(C)(C)CCC1C(=O)N(CCCNC(=O)c2ccc(N(C)C)cc2)C(=O)C1CC(C)(C)CCC(C(=O)O)C(C(=O)NCCCNC(=O)c1ccc(N(C)C)cc1)C(C)(C)CC. The van der Waals surface area contributed by atoms with Crippen LogP contribution in [0, 0.1) is 104 Å². The first kappa shape index (κ1) is 101. The number of ether oxygens (including phenoxy) is 2. The molecule has 5 rings (SSSR count). The second kappa shape index (κ2) is 44.1. The number of rotatable bonds is 53. The maximum absolute atomic E-state index is 15.2. The summed E-state index contributed by atoms with van der Waals surface area (Å²) < 4.78 is 10.5. The molecule has 0 aliphatic carbocycles. The van der Waals surface area contributed by atoms with Gasteiger partial charge in [0, 0.05) is 90.0 Å². The number of amides is 8. The first-order chi connectivity index (χ1) is 55.5. The van der Waals surface area contributed by atoms with Crippen LogP contribution < -0.4 is 31.1 Å². The normalized spacial score (nSPS) is 19.7. The van der Waals surface area contributed by atoms with Gasteiger partial charge < -0.3 is 55.9 Å². The fraction of sp³-hybridized carbons (Fsp3) is 0.717. The summed E-state index contributed by atoms with van der Waals surface area (Å²) in [6.07, 6.45) is 4.99. The van der Waals surface area contributed by atoms with E-state index in [0.29, 0.717) is 56.1 Å². The van der Waals surface area contributed by atoms with E-state index in [4.69, 9.17) is 9.47 Å². The fourth-order valence-electron chi connectivity index (χ4n) is 18.1. The molecule has 0 saturated carbocycles. The summed E-state index contributed by atoms with van der Waals surface area (Å²) >= 11 is 0. The summed E-state index contributed by atoms with van der Waals surface area (Å²) in [6, 6.07) is 14.2. The Morgan fingerprint density at radius 1 is 0.437 bits per heavy atom. The average Bonchev–Trinajstić information content (AvgIpc) is 1.72. The van der Waals surface area contributed by atoms with E-state index in [0.717, 1.165) is 11.4 Å². The summed E-state index contributed by atoms with van der Waals surface area (Å²) in [4.78, 5) is 203. The molecule has 3 heterocycles. The number of benzene rings is 2. The van der Waals surface area contributed by atoms with Gasteiger partial charge in [0.1, 0.15) is 0 Å². The smallest absolute Gasteiger partial charge is 0.317 e. The van der Waals surface area contributed by atoms with Gasteiger partial charge in [0.2, 0.25) is 35.4 Å². The summed E-state index contributed by atoms with van der Waals surface area (Å²) in [7, 11) is 7.59. The summed E-state index contributed by atoms with van der Waals surface area (Å²) in [5.74, 6) is -21.4. The molecule has 3 fully saturated rings. The second-order valence-corrected chi connectivity index (χ2v) is 38.7. The van der Waals surface area contributed by atoms with Crippen molar-refractivity contribution in [3.05, 3.63) is 59.7 Å². The van der Waals surface area contributed by atoms with Gasteiger partial charge in [0.15, 0.2) is 0 Å². The van der Waals surface area contributed by atoms with Crippen LogP contribution in [0.2, 0.25) is 0 Å². The number of imide groups is 2. The number of nitrogens with zero attached hydrogens (tertiary/aromatic N) is 4. The zero-order valence-corrected chi connectivity index (χ0v) is 75.3. The molecule has 12 unspecified atom stereocenters.